The summed E-state index contributed by atoms with van der Waals surface area (Å²) in [6, 6.07) is 53.9. The van der Waals surface area contributed by atoms with Crippen molar-refractivity contribution in [1.29, 1.82) is 0 Å². The summed E-state index contributed by atoms with van der Waals surface area (Å²) < 4.78 is 0. The Morgan fingerprint density at radius 2 is 0.925 bits per heavy atom. The van der Waals surface area contributed by atoms with Crippen LogP contribution < -0.4 is 0 Å². The summed E-state index contributed by atoms with van der Waals surface area (Å²) in [6.45, 7) is 0. The van der Waals surface area contributed by atoms with Crippen molar-refractivity contribution in [3.8, 4) is 22.3 Å². The SMILES string of the molecule is c1ccc(-c2ccc3cc4c(ccc5ccccc54)c(-c4ccc5ccc6cccc7ccc4c5c67)c3c2)cc1. The summed E-state index contributed by atoms with van der Waals surface area (Å²) in [7, 11) is 0. The molecule has 0 saturated heterocycles. The molecule has 0 amide bonds. The molecule has 0 unspecified atom stereocenters. The fourth-order valence-electron chi connectivity index (χ4n) is 6.92. The molecule has 0 fully saturated rings. The lowest BCUT2D eigenvalue weighted by molar-refractivity contribution is 1.65. The monoisotopic (exact) mass is 504 g/mol. The van der Waals surface area contributed by atoms with Gasteiger partial charge in [0, 0.05) is 0 Å². The number of hydrogen-bond donors (Lipinski definition) is 0. The average Bonchev–Trinajstić information content (AvgIpc) is 3.03. The maximum atomic E-state index is 2.40. The van der Waals surface area contributed by atoms with E-state index < -0.39 is 0 Å². The molecule has 0 spiro atoms. The van der Waals surface area contributed by atoms with Crippen LogP contribution in [0.5, 0.6) is 0 Å². The standard InChI is InChI=1S/C40H24/c1-2-7-25(8-3-1)30-15-16-31-24-37-32-12-5-4-9-26(32)17-20-35(37)40(36(31)23-30)34-22-19-29-14-13-27-10-6-11-28-18-21-33(34)39(29)38(27)28/h1-24H. The summed E-state index contributed by atoms with van der Waals surface area (Å²) in [5.74, 6) is 0. The molecule has 0 saturated carbocycles. The first kappa shape index (κ1) is 21.7. The third kappa shape index (κ3) is 3.02. The van der Waals surface area contributed by atoms with Gasteiger partial charge in [-0.3, -0.25) is 0 Å². The van der Waals surface area contributed by atoms with E-state index in [0.717, 1.165) is 0 Å². The minimum atomic E-state index is 1.24. The lowest BCUT2D eigenvalue weighted by Crippen LogP contribution is -1.91. The molecule has 0 N–H and O–H groups in total. The van der Waals surface area contributed by atoms with E-state index >= 15 is 0 Å². The Kier molecular flexibility index (Phi) is 4.42. The molecule has 184 valence electrons. The van der Waals surface area contributed by atoms with Crippen molar-refractivity contribution in [2.45, 2.75) is 0 Å². The second kappa shape index (κ2) is 8.15. The highest BCUT2D eigenvalue weighted by Crippen LogP contribution is 2.45. The van der Waals surface area contributed by atoms with E-state index in [-0.39, 0.29) is 0 Å². The van der Waals surface area contributed by atoms with Crippen LogP contribution in [0.25, 0.3) is 86.9 Å². The molecule has 0 aromatic heterocycles. The first-order chi connectivity index (χ1) is 19.8. The zero-order valence-electron chi connectivity index (χ0n) is 21.9. The van der Waals surface area contributed by atoms with E-state index in [0.29, 0.717) is 0 Å². The number of benzene rings is 9. The Labute approximate surface area is 232 Å². The van der Waals surface area contributed by atoms with Gasteiger partial charge >= 0.3 is 0 Å². The smallest absolute Gasteiger partial charge is 0.00201 e. The molecular formula is C40H24. The summed E-state index contributed by atoms with van der Waals surface area (Å²) in [5, 5.41) is 15.7. The van der Waals surface area contributed by atoms with Crippen molar-refractivity contribution in [3.05, 3.63) is 146 Å². The van der Waals surface area contributed by atoms with Crippen LogP contribution in [-0.2, 0) is 0 Å². The van der Waals surface area contributed by atoms with Crippen LogP contribution in [0.3, 0.4) is 0 Å². The van der Waals surface area contributed by atoms with Crippen molar-refractivity contribution in [2.24, 2.45) is 0 Å². The quantitative estimate of drug-likeness (QED) is 0.162. The van der Waals surface area contributed by atoms with E-state index in [4.69, 9.17) is 0 Å². The highest BCUT2D eigenvalue weighted by Gasteiger charge is 2.17. The second-order valence-electron chi connectivity index (χ2n) is 10.9. The minimum absolute atomic E-state index is 1.24. The molecule has 0 atom stereocenters. The van der Waals surface area contributed by atoms with Gasteiger partial charge in [-0.1, -0.05) is 133 Å². The van der Waals surface area contributed by atoms with E-state index in [2.05, 4.69) is 146 Å². The summed E-state index contributed by atoms with van der Waals surface area (Å²) in [5.41, 5.74) is 5.09. The Morgan fingerprint density at radius 3 is 1.80 bits per heavy atom. The van der Waals surface area contributed by atoms with E-state index in [9.17, 15) is 0 Å². The second-order valence-corrected chi connectivity index (χ2v) is 10.9. The molecule has 0 aliphatic carbocycles. The molecule has 0 heterocycles. The van der Waals surface area contributed by atoms with Crippen molar-refractivity contribution in [2.75, 3.05) is 0 Å². The zero-order valence-corrected chi connectivity index (χ0v) is 21.9. The molecule has 9 aromatic carbocycles. The maximum Gasteiger partial charge on any atom is -0.00201 e. The van der Waals surface area contributed by atoms with E-state index in [1.54, 1.807) is 0 Å². The summed E-state index contributed by atoms with van der Waals surface area (Å²) in [6.07, 6.45) is 0. The zero-order chi connectivity index (χ0) is 26.2. The molecule has 0 radical (unpaired) electrons. The highest BCUT2D eigenvalue weighted by molar-refractivity contribution is 6.29. The van der Waals surface area contributed by atoms with Crippen molar-refractivity contribution in [3.63, 3.8) is 0 Å². The van der Waals surface area contributed by atoms with Crippen LogP contribution in [0.1, 0.15) is 0 Å². The number of rotatable bonds is 2. The Bertz CT molecular complexity index is 2400. The first-order valence-corrected chi connectivity index (χ1v) is 13.9. The van der Waals surface area contributed by atoms with Gasteiger partial charge in [0.15, 0.2) is 0 Å². The van der Waals surface area contributed by atoms with Gasteiger partial charge in [0.1, 0.15) is 0 Å². The van der Waals surface area contributed by atoms with Gasteiger partial charge in [0.2, 0.25) is 0 Å². The maximum absolute atomic E-state index is 2.40. The van der Waals surface area contributed by atoms with Gasteiger partial charge < -0.3 is 0 Å². The molecule has 0 aliphatic rings. The number of fused-ring (bicyclic) bond motifs is 4. The van der Waals surface area contributed by atoms with Gasteiger partial charge in [0.05, 0.1) is 0 Å². The normalized spacial score (nSPS) is 12.0. The van der Waals surface area contributed by atoms with Crippen LogP contribution in [0.15, 0.2) is 146 Å². The molecular weight excluding hydrogens is 480 g/mol. The van der Waals surface area contributed by atoms with Gasteiger partial charge in [-0.05, 0) is 99.0 Å². The first-order valence-electron chi connectivity index (χ1n) is 13.9. The predicted molar refractivity (Wildman–Crippen MR) is 174 cm³/mol. The molecule has 0 aliphatic heterocycles. The predicted octanol–water partition coefficient (Wildman–Crippen LogP) is 11.4. The van der Waals surface area contributed by atoms with E-state index in [1.807, 2.05) is 0 Å². The lowest BCUT2D eigenvalue weighted by Gasteiger charge is -2.18. The molecule has 0 nitrogen and oxygen atoms in total. The average molecular weight is 505 g/mol. The molecule has 9 rings (SSSR count). The summed E-state index contributed by atoms with van der Waals surface area (Å²) >= 11 is 0. The van der Waals surface area contributed by atoms with Crippen LogP contribution in [0.2, 0.25) is 0 Å². The van der Waals surface area contributed by atoms with Crippen molar-refractivity contribution in [1.82, 2.24) is 0 Å². The fraction of sp³-hybridized carbons (Fsp3) is 0. The van der Waals surface area contributed by atoms with Crippen LogP contribution >= 0.6 is 0 Å². The van der Waals surface area contributed by atoms with E-state index in [1.165, 1.54) is 86.9 Å². The topological polar surface area (TPSA) is 0 Å². The van der Waals surface area contributed by atoms with Crippen molar-refractivity contribution >= 4 is 64.6 Å². The van der Waals surface area contributed by atoms with Crippen LogP contribution in [-0.4, -0.2) is 0 Å². The molecule has 0 bridgehead atoms. The fourth-order valence-corrected chi connectivity index (χ4v) is 6.92. The molecule has 0 heteroatoms. The van der Waals surface area contributed by atoms with Crippen molar-refractivity contribution < 1.29 is 0 Å². The number of hydrogen-bond acceptors (Lipinski definition) is 0. The minimum Gasteiger partial charge on any atom is -0.0622 e. The van der Waals surface area contributed by atoms with Gasteiger partial charge in [-0.2, -0.15) is 0 Å². The van der Waals surface area contributed by atoms with Gasteiger partial charge in [0.25, 0.3) is 0 Å². The Morgan fingerprint density at radius 1 is 0.275 bits per heavy atom. The lowest BCUT2D eigenvalue weighted by atomic mass is 9.85. The largest absolute Gasteiger partial charge is 0.0622 e. The molecule has 40 heavy (non-hydrogen) atoms. The van der Waals surface area contributed by atoms with Crippen LogP contribution in [0, 0.1) is 0 Å². The Balaban J connectivity index is 1.48. The molecule has 9 aromatic rings. The highest BCUT2D eigenvalue weighted by atomic mass is 14.2. The van der Waals surface area contributed by atoms with Crippen LogP contribution in [0.4, 0.5) is 0 Å². The third-order valence-electron chi connectivity index (χ3n) is 8.77. The Hall–Kier alpha value is -5.20. The van der Waals surface area contributed by atoms with Gasteiger partial charge in [-0.25, -0.2) is 0 Å². The summed E-state index contributed by atoms with van der Waals surface area (Å²) in [4.78, 5) is 0. The third-order valence-corrected chi connectivity index (χ3v) is 8.77. The van der Waals surface area contributed by atoms with Gasteiger partial charge in [-0.15, -0.1) is 0 Å².